The molecule has 0 spiro atoms. The molecule has 2 nitrogen and oxygen atoms in total. The quantitative estimate of drug-likeness (QED) is 0.750. The molecule has 1 amide bonds. The minimum absolute atomic E-state index is 0.0648. The molecule has 2 atom stereocenters. The molecule has 0 aromatic heterocycles. The molecule has 0 heterocycles. The van der Waals surface area contributed by atoms with Gasteiger partial charge in [-0.15, -0.1) is 11.8 Å². The third kappa shape index (κ3) is 5.13. The highest BCUT2D eigenvalue weighted by molar-refractivity contribution is 7.99. The molecule has 2 rings (SSSR count). The van der Waals surface area contributed by atoms with E-state index in [1.54, 1.807) is 11.8 Å². The lowest BCUT2D eigenvalue weighted by molar-refractivity contribution is -0.121. The van der Waals surface area contributed by atoms with Crippen LogP contribution >= 0.6 is 11.8 Å². The van der Waals surface area contributed by atoms with Gasteiger partial charge >= 0.3 is 0 Å². The number of amides is 1. The number of hydrogen-bond acceptors (Lipinski definition) is 2. The number of thioether (sulfide) groups is 1. The van der Waals surface area contributed by atoms with E-state index in [1.165, 1.54) is 22.3 Å². The molecule has 2 aromatic rings. The normalized spacial score (nSPS) is 13.3. The maximum Gasteiger partial charge on any atom is 0.233 e. The van der Waals surface area contributed by atoms with Gasteiger partial charge in [0.2, 0.25) is 5.91 Å². The predicted octanol–water partition coefficient (Wildman–Crippen LogP) is 5.19. The molecule has 3 heteroatoms. The highest BCUT2D eigenvalue weighted by Crippen LogP contribution is 2.23. The van der Waals surface area contributed by atoms with Gasteiger partial charge in [0, 0.05) is 5.75 Å². The van der Waals surface area contributed by atoms with Crippen molar-refractivity contribution in [2.45, 2.75) is 51.2 Å². The van der Waals surface area contributed by atoms with Crippen molar-refractivity contribution >= 4 is 17.7 Å². The van der Waals surface area contributed by atoms with Gasteiger partial charge in [-0.2, -0.15) is 0 Å². The Bertz CT molecular complexity index is 669. The van der Waals surface area contributed by atoms with E-state index in [4.69, 9.17) is 0 Å². The van der Waals surface area contributed by atoms with Crippen molar-refractivity contribution in [3.8, 4) is 0 Å². The predicted molar refractivity (Wildman–Crippen MR) is 104 cm³/mol. The van der Waals surface area contributed by atoms with Crippen LogP contribution in [0.4, 0.5) is 0 Å². The first-order chi connectivity index (χ1) is 11.5. The van der Waals surface area contributed by atoms with Crippen molar-refractivity contribution in [1.82, 2.24) is 5.32 Å². The minimum atomic E-state index is -0.0648. The fourth-order valence-corrected chi connectivity index (χ4v) is 3.63. The highest BCUT2D eigenvalue weighted by atomic mass is 32.2. The van der Waals surface area contributed by atoms with Crippen LogP contribution in [0, 0.1) is 13.8 Å². The zero-order valence-corrected chi connectivity index (χ0v) is 15.8. The Hall–Kier alpha value is -1.74. The van der Waals surface area contributed by atoms with E-state index >= 15 is 0 Å². The first-order valence-corrected chi connectivity index (χ1v) is 9.59. The summed E-state index contributed by atoms with van der Waals surface area (Å²) < 4.78 is 0. The van der Waals surface area contributed by atoms with Crippen LogP contribution in [0.15, 0.2) is 48.5 Å². The Morgan fingerprint density at radius 1 is 1.12 bits per heavy atom. The van der Waals surface area contributed by atoms with Crippen LogP contribution in [0.3, 0.4) is 0 Å². The van der Waals surface area contributed by atoms with Crippen LogP contribution in [0.2, 0.25) is 0 Å². The van der Waals surface area contributed by atoms with Crippen LogP contribution in [0.25, 0.3) is 0 Å². The Balaban J connectivity index is 1.95. The molecule has 0 aliphatic carbocycles. The average molecular weight is 342 g/mol. The molecule has 0 bridgehead atoms. The Morgan fingerprint density at radius 2 is 1.83 bits per heavy atom. The summed E-state index contributed by atoms with van der Waals surface area (Å²) in [5.74, 6) is 0.971. The maximum absolute atomic E-state index is 12.6. The Kier molecular flexibility index (Phi) is 6.92. The third-order valence-corrected chi connectivity index (χ3v) is 5.45. The number of rotatable bonds is 7. The average Bonchev–Trinajstić information content (AvgIpc) is 2.58. The van der Waals surface area contributed by atoms with E-state index < -0.39 is 0 Å². The van der Waals surface area contributed by atoms with E-state index in [1.807, 2.05) is 25.1 Å². The number of carbonyl (C=O) groups is 1. The van der Waals surface area contributed by atoms with Crippen molar-refractivity contribution in [2.75, 3.05) is 0 Å². The largest absolute Gasteiger partial charge is 0.348 e. The summed E-state index contributed by atoms with van der Waals surface area (Å²) in [7, 11) is 0. The second-order valence-electron chi connectivity index (χ2n) is 6.27. The SMILES string of the molecule is CC[C@H](NC(=O)[C@@H](C)SCc1ccccc1)c1ccc(C)cc1C. The van der Waals surface area contributed by atoms with Crippen LogP contribution in [-0.4, -0.2) is 11.2 Å². The second-order valence-corrected chi connectivity index (χ2v) is 7.60. The smallest absolute Gasteiger partial charge is 0.233 e. The van der Waals surface area contributed by atoms with Crippen molar-refractivity contribution in [2.24, 2.45) is 0 Å². The number of nitrogens with one attached hydrogen (secondary N) is 1. The van der Waals surface area contributed by atoms with Gasteiger partial charge in [-0.05, 0) is 43.9 Å². The molecule has 0 unspecified atom stereocenters. The monoisotopic (exact) mass is 341 g/mol. The summed E-state index contributed by atoms with van der Waals surface area (Å²) in [4.78, 5) is 12.6. The molecule has 2 aromatic carbocycles. The molecule has 128 valence electrons. The molecule has 0 saturated heterocycles. The molecule has 0 fully saturated rings. The second kappa shape index (κ2) is 8.93. The first kappa shape index (κ1) is 18.6. The summed E-state index contributed by atoms with van der Waals surface area (Å²) >= 11 is 1.68. The lowest BCUT2D eigenvalue weighted by atomic mass is 9.97. The van der Waals surface area contributed by atoms with Gasteiger partial charge in [-0.1, -0.05) is 61.0 Å². The van der Waals surface area contributed by atoms with Crippen molar-refractivity contribution in [3.05, 3.63) is 70.8 Å². The maximum atomic E-state index is 12.6. The van der Waals surface area contributed by atoms with E-state index in [9.17, 15) is 4.79 Å². The highest BCUT2D eigenvalue weighted by Gasteiger charge is 2.19. The van der Waals surface area contributed by atoms with Gasteiger partial charge in [0.05, 0.1) is 11.3 Å². The van der Waals surface area contributed by atoms with Crippen LogP contribution < -0.4 is 5.32 Å². The van der Waals surface area contributed by atoms with E-state index in [0.29, 0.717) is 0 Å². The third-order valence-electron chi connectivity index (χ3n) is 4.24. The standard InChI is InChI=1S/C21H27NOS/c1-5-20(19-12-11-15(2)13-16(19)3)22-21(23)17(4)24-14-18-9-7-6-8-10-18/h6-13,17,20H,5,14H2,1-4H3,(H,22,23)/t17-,20+/m1/s1. The number of benzene rings is 2. The number of carbonyl (C=O) groups excluding carboxylic acids is 1. The minimum Gasteiger partial charge on any atom is -0.348 e. The molecular formula is C21H27NOS. The number of hydrogen-bond donors (Lipinski definition) is 1. The van der Waals surface area contributed by atoms with Gasteiger partial charge in [-0.3, -0.25) is 4.79 Å². The van der Waals surface area contributed by atoms with Gasteiger partial charge in [-0.25, -0.2) is 0 Å². The van der Waals surface area contributed by atoms with Crippen LogP contribution in [0.1, 0.15) is 48.6 Å². The Morgan fingerprint density at radius 3 is 2.46 bits per heavy atom. The van der Waals surface area contributed by atoms with Crippen LogP contribution in [0.5, 0.6) is 0 Å². The topological polar surface area (TPSA) is 29.1 Å². The molecule has 0 aliphatic heterocycles. The summed E-state index contributed by atoms with van der Waals surface area (Å²) in [6, 6.07) is 16.8. The van der Waals surface area contributed by atoms with E-state index in [-0.39, 0.29) is 17.2 Å². The summed E-state index contributed by atoms with van der Waals surface area (Å²) in [6.45, 7) is 8.31. The lowest BCUT2D eigenvalue weighted by Crippen LogP contribution is -2.34. The van der Waals surface area contributed by atoms with Crippen molar-refractivity contribution < 1.29 is 4.79 Å². The van der Waals surface area contributed by atoms with Crippen molar-refractivity contribution in [1.29, 1.82) is 0 Å². The molecule has 0 radical (unpaired) electrons. The molecule has 0 aliphatic rings. The van der Waals surface area contributed by atoms with Gasteiger partial charge in [0.25, 0.3) is 0 Å². The molecule has 1 N–H and O–H groups in total. The molecule has 0 saturated carbocycles. The van der Waals surface area contributed by atoms with Gasteiger partial charge in [0.1, 0.15) is 0 Å². The van der Waals surface area contributed by atoms with E-state index in [0.717, 1.165) is 12.2 Å². The summed E-state index contributed by atoms with van der Waals surface area (Å²) in [6.07, 6.45) is 0.895. The van der Waals surface area contributed by atoms with E-state index in [2.05, 4.69) is 56.4 Å². The summed E-state index contributed by atoms with van der Waals surface area (Å²) in [5, 5.41) is 3.15. The zero-order chi connectivity index (χ0) is 17.5. The fraction of sp³-hybridized carbons (Fsp3) is 0.381. The lowest BCUT2D eigenvalue weighted by Gasteiger charge is -2.22. The van der Waals surface area contributed by atoms with Crippen LogP contribution in [-0.2, 0) is 10.5 Å². The number of aryl methyl sites for hydroxylation is 2. The van der Waals surface area contributed by atoms with Gasteiger partial charge in [0.15, 0.2) is 0 Å². The fourth-order valence-electron chi connectivity index (χ4n) is 2.78. The molecular weight excluding hydrogens is 314 g/mol. The summed E-state index contributed by atoms with van der Waals surface area (Å²) in [5.41, 5.74) is 4.97. The van der Waals surface area contributed by atoms with Gasteiger partial charge < -0.3 is 5.32 Å². The first-order valence-electron chi connectivity index (χ1n) is 8.54. The zero-order valence-electron chi connectivity index (χ0n) is 15.0. The Labute approximate surface area is 150 Å². The molecule has 24 heavy (non-hydrogen) atoms. The van der Waals surface area contributed by atoms with Crippen molar-refractivity contribution in [3.63, 3.8) is 0 Å².